The first kappa shape index (κ1) is 11.2. The molecule has 0 aromatic heterocycles. The SMILES string of the molecule is CCOC(C#N)CC.O. The Balaban J connectivity index is 0. The topological polar surface area (TPSA) is 64.5 Å². The molecule has 0 fully saturated rings. The molecule has 0 aliphatic rings. The fourth-order valence-corrected chi connectivity index (χ4v) is 0.448. The van der Waals surface area contributed by atoms with E-state index in [2.05, 4.69) is 0 Å². The maximum absolute atomic E-state index is 8.28. The first-order valence-corrected chi connectivity index (χ1v) is 2.86. The van der Waals surface area contributed by atoms with Gasteiger partial charge in [0.2, 0.25) is 0 Å². The highest BCUT2D eigenvalue weighted by Crippen LogP contribution is 1.93. The molecule has 1 unspecified atom stereocenters. The van der Waals surface area contributed by atoms with Crippen molar-refractivity contribution in [1.29, 1.82) is 5.26 Å². The maximum atomic E-state index is 8.28. The molecule has 0 rings (SSSR count). The van der Waals surface area contributed by atoms with Crippen LogP contribution in [-0.4, -0.2) is 18.2 Å². The van der Waals surface area contributed by atoms with Gasteiger partial charge in [0.15, 0.2) is 0 Å². The van der Waals surface area contributed by atoms with E-state index < -0.39 is 0 Å². The molecule has 0 aromatic carbocycles. The summed E-state index contributed by atoms with van der Waals surface area (Å²) in [7, 11) is 0. The van der Waals surface area contributed by atoms with Crippen LogP contribution in [0.25, 0.3) is 0 Å². The second-order valence-electron chi connectivity index (χ2n) is 1.48. The lowest BCUT2D eigenvalue weighted by atomic mass is 10.3. The first-order chi connectivity index (χ1) is 3.85. The minimum absolute atomic E-state index is 0. The summed E-state index contributed by atoms with van der Waals surface area (Å²) in [4.78, 5) is 0. The average Bonchev–Trinajstić information content (AvgIpc) is 1.83. The number of hydrogen-bond donors (Lipinski definition) is 0. The van der Waals surface area contributed by atoms with Crippen LogP contribution in [0, 0.1) is 11.3 Å². The van der Waals surface area contributed by atoms with Gasteiger partial charge in [-0.2, -0.15) is 5.26 Å². The summed E-state index contributed by atoms with van der Waals surface area (Å²) in [6, 6.07) is 2.03. The Morgan fingerprint density at radius 2 is 2.11 bits per heavy atom. The van der Waals surface area contributed by atoms with Crippen LogP contribution >= 0.6 is 0 Å². The van der Waals surface area contributed by atoms with Gasteiger partial charge in [0.25, 0.3) is 0 Å². The zero-order chi connectivity index (χ0) is 6.41. The predicted molar refractivity (Wildman–Crippen MR) is 34.9 cm³/mol. The van der Waals surface area contributed by atoms with Gasteiger partial charge in [-0.25, -0.2) is 0 Å². The number of nitriles is 1. The Labute approximate surface area is 55.6 Å². The van der Waals surface area contributed by atoms with Crippen LogP contribution in [0.3, 0.4) is 0 Å². The summed E-state index contributed by atoms with van der Waals surface area (Å²) >= 11 is 0. The van der Waals surface area contributed by atoms with E-state index in [1.165, 1.54) is 0 Å². The Bertz CT molecular complexity index is 87.5. The van der Waals surface area contributed by atoms with E-state index in [4.69, 9.17) is 10.00 Å². The molecule has 0 radical (unpaired) electrons. The third-order valence-electron chi connectivity index (χ3n) is 0.883. The highest BCUT2D eigenvalue weighted by molar-refractivity contribution is 4.81. The average molecular weight is 131 g/mol. The molecule has 9 heavy (non-hydrogen) atoms. The van der Waals surface area contributed by atoms with Crippen molar-refractivity contribution in [2.24, 2.45) is 0 Å². The predicted octanol–water partition coefficient (Wildman–Crippen LogP) is 0.500. The van der Waals surface area contributed by atoms with Crippen molar-refractivity contribution in [2.75, 3.05) is 6.61 Å². The number of rotatable bonds is 3. The van der Waals surface area contributed by atoms with Gasteiger partial charge in [0.1, 0.15) is 6.10 Å². The quantitative estimate of drug-likeness (QED) is 0.559. The van der Waals surface area contributed by atoms with Gasteiger partial charge in [0.05, 0.1) is 6.07 Å². The largest absolute Gasteiger partial charge is 0.412 e. The highest BCUT2D eigenvalue weighted by atomic mass is 16.5. The van der Waals surface area contributed by atoms with Crippen LogP contribution in [0.2, 0.25) is 0 Å². The molecule has 3 nitrogen and oxygen atoms in total. The van der Waals surface area contributed by atoms with Gasteiger partial charge < -0.3 is 10.2 Å². The van der Waals surface area contributed by atoms with Gasteiger partial charge in [-0.05, 0) is 13.3 Å². The molecule has 2 N–H and O–H groups in total. The van der Waals surface area contributed by atoms with Gasteiger partial charge >= 0.3 is 0 Å². The van der Waals surface area contributed by atoms with Gasteiger partial charge in [-0.1, -0.05) is 6.92 Å². The molecule has 0 aliphatic carbocycles. The molecule has 1 atom stereocenters. The second kappa shape index (κ2) is 7.41. The Kier molecular flexibility index (Phi) is 9.25. The van der Waals surface area contributed by atoms with Crippen LogP contribution in [0.15, 0.2) is 0 Å². The maximum Gasteiger partial charge on any atom is 0.143 e. The number of hydrogen-bond acceptors (Lipinski definition) is 2. The molecule has 0 aliphatic heterocycles. The number of nitrogens with zero attached hydrogens (tertiary/aromatic N) is 1. The standard InChI is InChI=1S/C6H11NO.H2O/c1-3-6(5-7)8-4-2;/h6H,3-4H2,1-2H3;1H2. The lowest BCUT2D eigenvalue weighted by molar-refractivity contribution is 0.0989. The van der Waals surface area contributed by atoms with Crippen LogP contribution in [0.5, 0.6) is 0 Å². The zero-order valence-electron chi connectivity index (χ0n) is 5.85. The van der Waals surface area contributed by atoms with Crippen molar-refractivity contribution in [2.45, 2.75) is 26.4 Å². The van der Waals surface area contributed by atoms with Crippen molar-refractivity contribution < 1.29 is 10.2 Å². The minimum Gasteiger partial charge on any atom is -0.412 e. The molecule has 3 heteroatoms. The molecular weight excluding hydrogens is 118 g/mol. The fraction of sp³-hybridized carbons (Fsp3) is 0.833. The van der Waals surface area contributed by atoms with Crippen molar-refractivity contribution in [3.05, 3.63) is 0 Å². The van der Waals surface area contributed by atoms with E-state index in [0.29, 0.717) is 6.61 Å². The molecule has 0 saturated heterocycles. The van der Waals surface area contributed by atoms with E-state index in [1.54, 1.807) is 0 Å². The second-order valence-corrected chi connectivity index (χ2v) is 1.48. The van der Waals surface area contributed by atoms with E-state index in [9.17, 15) is 0 Å². The van der Waals surface area contributed by atoms with Gasteiger partial charge in [-0.3, -0.25) is 0 Å². The van der Waals surface area contributed by atoms with Crippen LogP contribution in [0.4, 0.5) is 0 Å². The molecule has 0 spiro atoms. The summed E-state index contributed by atoms with van der Waals surface area (Å²) < 4.78 is 4.98. The highest BCUT2D eigenvalue weighted by Gasteiger charge is 1.99. The van der Waals surface area contributed by atoms with E-state index in [1.807, 2.05) is 19.9 Å². The molecule has 0 saturated carbocycles. The molecule has 0 bridgehead atoms. The molecule has 0 aromatic rings. The fourth-order valence-electron chi connectivity index (χ4n) is 0.448. The van der Waals surface area contributed by atoms with Crippen LogP contribution in [-0.2, 0) is 4.74 Å². The lowest BCUT2D eigenvalue weighted by Crippen LogP contribution is -2.07. The first-order valence-electron chi connectivity index (χ1n) is 2.86. The Morgan fingerprint density at radius 3 is 2.22 bits per heavy atom. The summed E-state index contributed by atoms with van der Waals surface area (Å²) in [5.74, 6) is 0. The van der Waals surface area contributed by atoms with E-state index in [-0.39, 0.29) is 11.6 Å². The van der Waals surface area contributed by atoms with E-state index >= 15 is 0 Å². The van der Waals surface area contributed by atoms with Crippen LogP contribution < -0.4 is 0 Å². The summed E-state index contributed by atoms with van der Waals surface area (Å²) in [6.07, 6.45) is 0.588. The summed E-state index contributed by atoms with van der Waals surface area (Å²) in [5, 5.41) is 8.28. The smallest absolute Gasteiger partial charge is 0.143 e. The molecule has 54 valence electrons. The summed E-state index contributed by atoms with van der Waals surface area (Å²) in [5.41, 5.74) is 0. The van der Waals surface area contributed by atoms with E-state index in [0.717, 1.165) is 6.42 Å². The van der Waals surface area contributed by atoms with Crippen molar-refractivity contribution in [1.82, 2.24) is 0 Å². The Morgan fingerprint density at radius 1 is 1.56 bits per heavy atom. The number of ether oxygens (including phenoxy) is 1. The molecule has 0 amide bonds. The lowest BCUT2D eigenvalue weighted by Gasteiger charge is -2.02. The van der Waals surface area contributed by atoms with Gasteiger partial charge in [-0.15, -0.1) is 0 Å². The molecular formula is C6H13NO2. The minimum atomic E-state index is -0.194. The summed E-state index contributed by atoms with van der Waals surface area (Å²) in [6.45, 7) is 4.45. The zero-order valence-corrected chi connectivity index (χ0v) is 5.85. The monoisotopic (exact) mass is 131 g/mol. The van der Waals surface area contributed by atoms with Crippen molar-refractivity contribution in [3.63, 3.8) is 0 Å². The van der Waals surface area contributed by atoms with Crippen LogP contribution in [0.1, 0.15) is 20.3 Å². The van der Waals surface area contributed by atoms with Crippen molar-refractivity contribution >= 4 is 0 Å². The third kappa shape index (κ3) is 5.28. The van der Waals surface area contributed by atoms with Crippen molar-refractivity contribution in [3.8, 4) is 6.07 Å². The normalized spacial score (nSPS) is 11.2. The van der Waals surface area contributed by atoms with Gasteiger partial charge in [0, 0.05) is 6.61 Å². The third-order valence-corrected chi connectivity index (χ3v) is 0.883. The Hall–Kier alpha value is -0.590. The molecule has 0 heterocycles.